The molecule has 0 radical (unpaired) electrons. The molecule has 4 aromatic rings. The number of pyridine rings is 1. The van der Waals surface area contributed by atoms with Crippen LogP contribution >= 0.6 is 0 Å². The molecule has 2 aromatic heterocycles. The normalized spacial score (nSPS) is 22.6. The third kappa shape index (κ3) is 11.4. The highest BCUT2D eigenvalue weighted by atomic mass is 16.5. The average molecular weight is 885 g/mol. The third-order valence-electron chi connectivity index (χ3n) is 15.4. The first-order valence-corrected chi connectivity index (χ1v) is 25.2. The van der Waals surface area contributed by atoms with E-state index in [1.807, 2.05) is 37.3 Å². The summed E-state index contributed by atoms with van der Waals surface area (Å²) in [4.78, 5) is 53.2. The summed E-state index contributed by atoms with van der Waals surface area (Å²) >= 11 is 0. The van der Waals surface area contributed by atoms with Crippen LogP contribution in [0, 0.1) is 36.0 Å². The van der Waals surface area contributed by atoms with Gasteiger partial charge in [0.05, 0.1) is 18.5 Å². The van der Waals surface area contributed by atoms with Crippen molar-refractivity contribution in [2.45, 2.75) is 129 Å². The summed E-state index contributed by atoms with van der Waals surface area (Å²) < 4.78 is 7.43. The molecule has 6 aliphatic rings. The predicted octanol–water partition coefficient (Wildman–Crippen LogP) is 9.94. The van der Waals surface area contributed by atoms with Crippen LogP contribution in [0.2, 0.25) is 0 Å². The number of carbonyl (C=O) groups is 2. The highest BCUT2D eigenvalue weighted by Gasteiger charge is 2.51. The second kappa shape index (κ2) is 20.7. The molecule has 10 rings (SSSR count). The first-order chi connectivity index (χ1) is 31.7. The van der Waals surface area contributed by atoms with Crippen molar-refractivity contribution in [3.8, 4) is 11.4 Å². The molecule has 0 atom stereocenters. The number of hydrogen-bond donors (Lipinski definition) is 3. The van der Waals surface area contributed by atoms with Crippen molar-refractivity contribution in [2.75, 3.05) is 61.9 Å². The Labute approximate surface area is 385 Å². The zero-order valence-corrected chi connectivity index (χ0v) is 39.1. The van der Waals surface area contributed by atoms with Gasteiger partial charge in [-0.15, -0.1) is 0 Å². The van der Waals surface area contributed by atoms with E-state index in [4.69, 9.17) is 9.72 Å². The number of unbranched alkanes of at least 4 members (excludes halogenated alkanes) is 9. The number of nitrogens with one attached hydrogen (secondary N) is 3. The predicted molar refractivity (Wildman–Crippen MR) is 261 cm³/mol. The van der Waals surface area contributed by atoms with Crippen LogP contribution in [0.4, 0.5) is 23.0 Å². The van der Waals surface area contributed by atoms with Gasteiger partial charge in [-0.1, -0.05) is 57.4 Å². The van der Waals surface area contributed by atoms with Crippen LogP contribution in [0.25, 0.3) is 16.7 Å². The summed E-state index contributed by atoms with van der Waals surface area (Å²) in [7, 11) is 1.67. The number of hydrogen-bond acceptors (Lipinski definition) is 9. The molecule has 12 heteroatoms. The quantitative estimate of drug-likeness (QED) is 0.0660. The van der Waals surface area contributed by atoms with Gasteiger partial charge in [-0.3, -0.25) is 23.9 Å². The standard InChI is InChI=1S/C53H72N8O4/c1-37-26-49(63)61(44-15-13-14-42(30-44)56-51(64)41-16-17-41)50-45(37)36-55-52(58-50)57-46-19-18-43(31-47(46)65-2)60-24-22-59(23-25-60)21-12-10-8-6-4-3-5-7-9-11-20-54-48(62)35-53-32-38-27-39(33-53)29-40(28-38)34-53/h13-15,18-19,26,30-31,36,38-41H,3-12,16-17,20-25,27-29,32-35H2,1-2H3,(H,54,62)(H,56,64)(H,55,57,58). The van der Waals surface area contributed by atoms with Gasteiger partial charge in [0.15, 0.2) is 5.65 Å². The number of amides is 2. The van der Waals surface area contributed by atoms with Crippen molar-refractivity contribution in [3.63, 3.8) is 0 Å². The van der Waals surface area contributed by atoms with Gasteiger partial charge in [-0.05, 0) is 137 Å². The molecule has 2 aromatic carbocycles. The fraction of sp³-hybridized carbons (Fsp3) is 0.604. The van der Waals surface area contributed by atoms with E-state index in [1.54, 1.807) is 23.9 Å². The minimum atomic E-state index is -0.212. The number of fused-ring (bicyclic) bond motifs is 1. The molecular formula is C53H72N8O4. The van der Waals surface area contributed by atoms with Crippen molar-refractivity contribution >= 4 is 45.9 Å². The van der Waals surface area contributed by atoms with Gasteiger partial charge in [0.2, 0.25) is 17.8 Å². The van der Waals surface area contributed by atoms with E-state index in [2.05, 4.69) is 42.9 Å². The second-order valence-electron chi connectivity index (χ2n) is 20.6. The lowest BCUT2D eigenvalue weighted by Crippen LogP contribution is -2.48. The molecule has 1 saturated heterocycles. The molecule has 1 aliphatic heterocycles. The van der Waals surface area contributed by atoms with Crippen molar-refractivity contribution in [1.29, 1.82) is 0 Å². The Kier molecular flexibility index (Phi) is 14.4. The van der Waals surface area contributed by atoms with E-state index in [0.29, 0.717) is 40.0 Å². The molecule has 65 heavy (non-hydrogen) atoms. The zero-order chi connectivity index (χ0) is 44.8. The maximum Gasteiger partial charge on any atom is 0.257 e. The molecule has 3 N–H and O–H groups in total. The number of ether oxygens (including phenoxy) is 1. The van der Waals surface area contributed by atoms with E-state index >= 15 is 0 Å². The number of anilines is 4. The molecule has 6 fully saturated rings. The lowest BCUT2D eigenvalue weighted by atomic mass is 9.49. The summed E-state index contributed by atoms with van der Waals surface area (Å²) in [6, 6.07) is 15.1. The summed E-state index contributed by atoms with van der Waals surface area (Å²) in [6.45, 7) is 7.96. The highest BCUT2D eigenvalue weighted by Crippen LogP contribution is 2.61. The molecule has 2 amide bonds. The maximum absolute atomic E-state index is 13.5. The Morgan fingerprint density at radius 1 is 0.800 bits per heavy atom. The molecule has 3 heterocycles. The van der Waals surface area contributed by atoms with Crippen LogP contribution in [-0.2, 0) is 9.59 Å². The molecular weight excluding hydrogens is 813 g/mol. The van der Waals surface area contributed by atoms with Crippen molar-refractivity contribution in [2.24, 2.45) is 29.1 Å². The van der Waals surface area contributed by atoms with Gasteiger partial charge < -0.3 is 25.6 Å². The Morgan fingerprint density at radius 2 is 1.48 bits per heavy atom. The van der Waals surface area contributed by atoms with Crippen LogP contribution in [-0.4, -0.2) is 77.6 Å². The van der Waals surface area contributed by atoms with E-state index in [1.165, 1.54) is 103 Å². The number of aromatic nitrogens is 3. The van der Waals surface area contributed by atoms with Crippen LogP contribution < -0.4 is 31.1 Å². The van der Waals surface area contributed by atoms with Gasteiger partial charge >= 0.3 is 0 Å². The maximum atomic E-state index is 13.5. The fourth-order valence-corrected chi connectivity index (χ4v) is 12.2. The Hall–Kier alpha value is -4.97. The summed E-state index contributed by atoms with van der Waals surface area (Å²) in [6.07, 6.45) is 25.5. The molecule has 0 unspecified atom stereocenters. The van der Waals surface area contributed by atoms with Crippen molar-refractivity contribution < 1.29 is 14.3 Å². The first-order valence-electron chi connectivity index (χ1n) is 25.2. The first kappa shape index (κ1) is 45.2. The largest absolute Gasteiger partial charge is 0.494 e. The molecule has 5 saturated carbocycles. The number of benzene rings is 2. The average Bonchev–Trinajstić information content (AvgIpc) is 4.14. The summed E-state index contributed by atoms with van der Waals surface area (Å²) in [5.74, 6) is 4.21. The van der Waals surface area contributed by atoms with Gasteiger partial charge in [0, 0.05) is 80.2 Å². The van der Waals surface area contributed by atoms with Crippen LogP contribution in [0.15, 0.2) is 59.5 Å². The minimum Gasteiger partial charge on any atom is -0.494 e. The SMILES string of the molecule is COc1cc(N2CCN(CCCCCCCCCCCCNC(=O)CC34CC5CC(CC(C5)C3)C4)CC2)ccc1Nc1ncc2c(C)cc(=O)n(-c3cccc(NC(=O)C4CC4)c3)c2n1. The molecule has 0 spiro atoms. The Morgan fingerprint density at radius 3 is 2.15 bits per heavy atom. The number of aryl methyl sites for hydroxylation is 1. The molecule has 5 aliphatic carbocycles. The number of piperazine rings is 1. The van der Waals surface area contributed by atoms with Crippen LogP contribution in [0.5, 0.6) is 5.75 Å². The Balaban J connectivity index is 0.658. The zero-order valence-electron chi connectivity index (χ0n) is 39.1. The lowest BCUT2D eigenvalue weighted by molar-refractivity contribution is -0.129. The molecule has 4 bridgehead atoms. The number of nitrogens with zero attached hydrogens (tertiary/aromatic N) is 5. The Bertz CT molecular complexity index is 2310. The van der Waals surface area contributed by atoms with E-state index in [0.717, 1.165) is 98.5 Å². The van der Waals surface area contributed by atoms with E-state index < -0.39 is 0 Å². The van der Waals surface area contributed by atoms with Crippen LogP contribution in [0.3, 0.4) is 0 Å². The van der Waals surface area contributed by atoms with Crippen LogP contribution in [0.1, 0.15) is 128 Å². The van der Waals surface area contributed by atoms with Crippen molar-refractivity contribution in [1.82, 2.24) is 24.8 Å². The summed E-state index contributed by atoms with van der Waals surface area (Å²) in [5, 5.41) is 10.4. The van der Waals surface area contributed by atoms with Gasteiger partial charge in [0.1, 0.15) is 5.75 Å². The van der Waals surface area contributed by atoms with Gasteiger partial charge in [-0.2, -0.15) is 4.98 Å². The van der Waals surface area contributed by atoms with Gasteiger partial charge in [0.25, 0.3) is 5.56 Å². The number of carbonyl (C=O) groups excluding carboxylic acids is 2. The fourth-order valence-electron chi connectivity index (χ4n) is 12.2. The monoisotopic (exact) mass is 885 g/mol. The lowest BCUT2D eigenvalue weighted by Gasteiger charge is -2.56. The smallest absolute Gasteiger partial charge is 0.257 e. The number of methoxy groups -OCH3 is 1. The second-order valence-corrected chi connectivity index (χ2v) is 20.6. The van der Waals surface area contributed by atoms with Crippen molar-refractivity contribution in [3.05, 3.63) is 70.6 Å². The third-order valence-corrected chi connectivity index (χ3v) is 15.4. The molecule has 348 valence electrons. The number of rotatable bonds is 22. The molecule has 12 nitrogen and oxygen atoms in total. The van der Waals surface area contributed by atoms with E-state index in [9.17, 15) is 14.4 Å². The minimum absolute atomic E-state index is 0.0143. The van der Waals surface area contributed by atoms with Gasteiger partial charge in [-0.25, -0.2) is 4.98 Å². The van der Waals surface area contributed by atoms with E-state index in [-0.39, 0.29) is 17.4 Å². The summed E-state index contributed by atoms with van der Waals surface area (Å²) in [5.41, 5.74) is 4.53. The topological polar surface area (TPSA) is 134 Å². The highest BCUT2D eigenvalue weighted by molar-refractivity contribution is 5.94.